The van der Waals surface area contributed by atoms with E-state index in [2.05, 4.69) is 8.60 Å². The molecule has 1 aliphatic heterocycles. The first-order chi connectivity index (χ1) is 15.7. The lowest BCUT2D eigenvalue weighted by Gasteiger charge is -2.44. The van der Waals surface area contributed by atoms with Crippen LogP contribution >= 0.6 is 0 Å². The van der Waals surface area contributed by atoms with E-state index in [1.807, 2.05) is 20.8 Å². The van der Waals surface area contributed by atoms with Crippen LogP contribution in [0.4, 0.5) is 31.1 Å². The van der Waals surface area contributed by atoms with Gasteiger partial charge < -0.3 is 19.2 Å². The second-order valence-corrected chi connectivity index (χ2v) is 10.6. The molecule has 3 atom stereocenters. The number of rotatable bonds is 6. The Morgan fingerprint density at radius 3 is 2.29 bits per heavy atom. The molecule has 1 N–H and O–H groups in total. The van der Waals surface area contributed by atoms with Gasteiger partial charge in [-0.2, -0.15) is 34.8 Å². The predicted octanol–water partition coefficient (Wildman–Crippen LogP) is 4.29. The number of carboxylic acid groups (broad SMARTS) is 1. The Bertz CT molecular complexity index is 1080. The predicted molar refractivity (Wildman–Crippen MR) is 106 cm³/mol. The fraction of sp³-hybridized carbons (Fsp3) is 0.684. The van der Waals surface area contributed by atoms with Crippen molar-refractivity contribution in [3.05, 3.63) is 28.3 Å². The van der Waals surface area contributed by atoms with E-state index < -0.39 is 56.4 Å². The number of hydrogen-bond acceptors (Lipinski definition) is 7. The van der Waals surface area contributed by atoms with E-state index in [0.717, 1.165) is 0 Å². The van der Waals surface area contributed by atoms with Gasteiger partial charge in [0.15, 0.2) is 0 Å². The Morgan fingerprint density at radius 1 is 1.23 bits per heavy atom. The van der Waals surface area contributed by atoms with Crippen LogP contribution in [0.25, 0.3) is 0 Å². The first-order valence-corrected chi connectivity index (χ1v) is 11.5. The van der Waals surface area contributed by atoms with E-state index >= 15 is 0 Å². The summed E-state index contributed by atoms with van der Waals surface area (Å²) >= 11 is 0. The molecule has 200 valence electrons. The summed E-state index contributed by atoms with van der Waals surface area (Å²) in [6.07, 6.45) is -9.32. The lowest BCUT2D eigenvalue weighted by atomic mass is 9.77. The summed E-state index contributed by atoms with van der Waals surface area (Å²) in [5, 5.41) is 9.40. The summed E-state index contributed by atoms with van der Waals surface area (Å²) in [6, 6.07) is -0.244. The zero-order valence-corrected chi connectivity index (χ0v) is 19.5. The molecule has 0 saturated carbocycles. The Kier molecular flexibility index (Phi) is 8.11. The lowest BCUT2D eigenvalue weighted by molar-refractivity contribution is -0.205. The van der Waals surface area contributed by atoms with E-state index in [-0.39, 0.29) is 31.2 Å². The zero-order valence-electron chi connectivity index (χ0n) is 18.6. The molecule has 16 heteroatoms. The largest absolute Gasteiger partial charge is 0.523 e. The number of carbonyl (C=O) groups is 1. The molecule has 9 nitrogen and oxygen atoms in total. The van der Waals surface area contributed by atoms with Crippen LogP contribution in [-0.4, -0.2) is 55.4 Å². The van der Waals surface area contributed by atoms with Crippen LogP contribution < -0.4 is 10.2 Å². The van der Waals surface area contributed by atoms with Crippen molar-refractivity contribution in [3.8, 4) is 5.75 Å². The highest BCUT2D eigenvalue weighted by molar-refractivity contribution is 7.87. The van der Waals surface area contributed by atoms with Gasteiger partial charge >= 0.3 is 27.9 Å². The maximum atomic E-state index is 13.2. The Morgan fingerprint density at radius 2 is 1.83 bits per heavy atom. The van der Waals surface area contributed by atoms with Crippen molar-refractivity contribution < 1.29 is 58.0 Å². The highest BCUT2D eigenvalue weighted by Gasteiger charge is 2.55. The highest BCUT2D eigenvalue weighted by atomic mass is 32.2. The molecule has 0 bridgehead atoms. The van der Waals surface area contributed by atoms with Crippen molar-refractivity contribution in [2.45, 2.75) is 57.4 Å². The van der Waals surface area contributed by atoms with Crippen molar-refractivity contribution >= 4 is 16.2 Å². The van der Waals surface area contributed by atoms with Crippen molar-refractivity contribution in [2.75, 3.05) is 13.2 Å². The molecule has 2 heterocycles. The lowest BCUT2D eigenvalue weighted by Crippen LogP contribution is -2.52. The van der Waals surface area contributed by atoms with E-state index in [9.17, 15) is 49.5 Å². The molecular formula is C19H23F6NO8S. The number of alkyl halides is 6. The van der Waals surface area contributed by atoms with E-state index in [1.54, 1.807) is 0 Å². The van der Waals surface area contributed by atoms with Crippen LogP contribution in [0.5, 0.6) is 5.75 Å². The van der Waals surface area contributed by atoms with Crippen molar-refractivity contribution in [2.24, 2.45) is 11.3 Å². The Labute approximate surface area is 195 Å². The Balaban J connectivity index is 2.18. The van der Waals surface area contributed by atoms with Crippen LogP contribution in [0.15, 0.2) is 21.5 Å². The minimum Gasteiger partial charge on any atom is -0.486 e. The SMILES string of the molecule is CC(C)(C)C1CC(COc2coc(C(OS(=O)(=O)C(F)(F)F)C(F)(F)F)cc2=O)CCN1C(=O)O. The molecule has 1 fully saturated rings. The third-order valence-electron chi connectivity index (χ3n) is 5.31. The average Bonchev–Trinajstić information content (AvgIpc) is 2.68. The van der Waals surface area contributed by atoms with Gasteiger partial charge in [-0.25, -0.2) is 8.98 Å². The smallest absolute Gasteiger partial charge is 0.486 e. The molecule has 1 aliphatic rings. The molecule has 1 aromatic rings. The van der Waals surface area contributed by atoms with Crippen molar-refractivity contribution in [1.82, 2.24) is 4.90 Å². The maximum Gasteiger partial charge on any atom is 0.523 e. The number of amides is 1. The number of ether oxygens (including phenoxy) is 1. The molecule has 2 rings (SSSR count). The van der Waals surface area contributed by atoms with Gasteiger partial charge in [0.25, 0.3) is 0 Å². The number of piperidine rings is 1. The molecule has 1 aromatic heterocycles. The zero-order chi connectivity index (χ0) is 27.0. The average molecular weight is 539 g/mol. The van der Waals surface area contributed by atoms with Gasteiger partial charge in [-0.3, -0.25) is 4.79 Å². The number of halogens is 6. The fourth-order valence-electron chi connectivity index (χ4n) is 3.55. The van der Waals surface area contributed by atoms with Crippen LogP contribution in [0.2, 0.25) is 0 Å². The second-order valence-electron chi connectivity index (χ2n) is 8.99. The van der Waals surface area contributed by atoms with Gasteiger partial charge in [0.2, 0.25) is 17.3 Å². The summed E-state index contributed by atoms with van der Waals surface area (Å²) < 4.78 is 112. The van der Waals surface area contributed by atoms with Gasteiger partial charge in [0.1, 0.15) is 12.0 Å². The van der Waals surface area contributed by atoms with Gasteiger partial charge in [0.05, 0.1) is 6.61 Å². The molecule has 35 heavy (non-hydrogen) atoms. The summed E-state index contributed by atoms with van der Waals surface area (Å²) in [5.41, 5.74) is -7.77. The minimum atomic E-state index is -6.66. The minimum absolute atomic E-state index is 0.119. The number of hydrogen-bond donors (Lipinski definition) is 1. The van der Waals surface area contributed by atoms with Gasteiger partial charge in [-0.15, -0.1) is 0 Å². The quantitative estimate of drug-likeness (QED) is 0.323. The topological polar surface area (TPSA) is 123 Å². The van der Waals surface area contributed by atoms with Crippen LogP contribution in [0, 0.1) is 11.3 Å². The third-order valence-corrected chi connectivity index (χ3v) is 6.32. The molecule has 0 radical (unpaired) electrons. The van der Waals surface area contributed by atoms with Gasteiger partial charge in [-0.05, 0) is 24.2 Å². The van der Waals surface area contributed by atoms with Crippen molar-refractivity contribution in [1.29, 1.82) is 0 Å². The molecule has 1 saturated heterocycles. The van der Waals surface area contributed by atoms with Crippen LogP contribution in [0.3, 0.4) is 0 Å². The molecule has 1 amide bonds. The van der Waals surface area contributed by atoms with Crippen LogP contribution in [-0.2, 0) is 14.3 Å². The Hall–Kier alpha value is -2.49. The van der Waals surface area contributed by atoms with Gasteiger partial charge in [-0.1, -0.05) is 20.8 Å². The van der Waals surface area contributed by atoms with E-state index in [0.29, 0.717) is 19.1 Å². The van der Waals surface area contributed by atoms with Gasteiger partial charge in [0, 0.05) is 18.7 Å². The monoisotopic (exact) mass is 539 g/mol. The molecule has 0 aliphatic carbocycles. The van der Waals surface area contributed by atoms with E-state index in [4.69, 9.17) is 4.74 Å². The summed E-state index contributed by atoms with van der Waals surface area (Å²) in [6.45, 7) is 5.62. The molecular weight excluding hydrogens is 516 g/mol. The maximum absolute atomic E-state index is 13.2. The summed E-state index contributed by atoms with van der Waals surface area (Å²) in [7, 11) is -6.66. The normalized spacial score (nSPS) is 21.0. The molecule has 0 spiro atoms. The van der Waals surface area contributed by atoms with E-state index in [1.165, 1.54) is 4.90 Å². The van der Waals surface area contributed by atoms with Crippen molar-refractivity contribution in [3.63, 3.8) is 0 Å². The number of likely N-dealkylation sites (tertiary alicyclic amines) is 1. The fourth-order valence-corrected chi connectivity index (χ4v) is 4.11. The molecule has 0 aromatic carbocycles. The first kappa shape index (κ1) is 28.7. The second kappa shape index (κ2) is 9.87. The molecule has 3 unspecified atom stereocenters. The standard InChI is InChI=1S/C19H23F6NO8S/c1-17(2,3)14-6-10(4-5-26(14)16(28)29)8-32-13-9-33-12(7-11(13)27)15(18(20,21)22)34-35(30,31)19(23,24)25/h7,9-10,14-15H,4-6,8H2,1-3H3,(H,28,29). The van der Waals surface area contributed by atoms with Crippen LogP contribution in [0.1, 0.15) is 45.5 Å². The number of nitrogens with zero attached hydrogens (tertiary/aromatic N) is 1. The first-order valence-electron chi connectivity index (χ1n) is 10.1. The summed E-state index contributed by atoms with van der Waals surface area (Å²) in [4.78, 5) is 25.0. The highest BCUT2D eigenvalue weighted by Crippen LogP contribution is 2.40. The third kappa shape index (κ3) is 7.02. The summed E-state index contributed by atoms with van der Waals surface area (Å²) in [5.74, 6) is -2.32.